The van der Waals surface area contributed by atoms with Gasteiger partial charge in [-0.1, -0.05) is 0 Å². The van der Waals surface area contributed by atoms with E-state index in [9.17, 15) is 13.2 Å². The minimum atomic E-state index is -3.52. The zero-order chi connectivity index (χ0) is 21.2. The molecule has 1 aromatic heterocycles. The predicted octanol–water partition coefficient (Wildman–Crippen LogP) is 2.67. The molecule has 10 heteroatoms. The molecule has 0 bridgehead atoms. The van der Waals surface area contributed by atoms with Gasteiger partial charge >= 0.3 is 0 Å². The molecule has 0 saturated carbocycles. The first-order valence-electron chi connectivity index (χ1n) is 8.83. The minimum Gasteiger partial charge on any atom is -0.322 e. The van der Waals surface area contributed by atoms with Gasteiger partial charge in [0.2, 0.25) is 10.0 Å². The molecule has 2 aromatic carbocycles. The first kappa shape index (κ1) is 20.5. The van der Waals surface area contributed by atoms with Gasteiger partial charge < -0.3 is 5.32 Å². The summed E-state index contributed by atoms with van der Waals surface area (Å²) in [4.78, 5) is 12.5. The molecule has 29 heavy (non-hydrogen) atoms. The second-order valence-electron chi connectivity index (χ2n) is 7.45. The molecule has 2 N–H and O–H groups in total. The smallest absolute Gasteiger partial charge is 0.255 e. The number of carbonyl (C=O) groups excluding carboxylic acids is 1. The maximum absolute atomic E-state index is 12.5. The van der Waals surface area contributed by atoms with Gasteiger partial charge in [0.15, 0.2) is 5.82 Å². The van der Waals surface area contributed by atoms with Crippen LogP contribution in [0.1, 0.15) is 31.1 Å². The standard InChI is InChI=1S/C19H22N6O3S/c1-19(2,3)29(27,28)22-16-11-7-14(8-12-16)18(26)20-15-9-5-13(6-10-15)17-21-23-24-25(17)4/h5-12,22H,1-4H3,(H,20,26). The average Bonchev–Trinajstić information content (AvgIpc) is 3.07. The molecule has 9 nitrogen and oxygen atoms in total. The van der Waals surface area contributed by atoms with Crippen molar-refractivity contribution < 1.29 is 13.2 Å². The molecular weight excluding hydrogens is 392 g/mol. The number of benzene rings is 2. The zero-order valence-corrected chi connectivity index (χ0v) is 17.4. The lowest BCUT2D eigenvalue weighted by molar-refractivity contribution is 0.102. The normalized spacial score (nSPS) is 11.9. The fourth-order valence-corrected chi connectivity index (χ4v) is 3.13. The van der Waals surface area contributed by atoms with Crippen LogP contribution in [0.15, 0.2) is 48.5 Å². The minimum absolute atomic E-state index is 0.302. The van der Waals surface area contributed by atoms with E-state index in [0.29, 0.717) is 22.8 Å². The Hall–Kier alpha value is -3.27. The van der Waals surface area contributed by atoms with Crippen LogP contribution in [0.3, 0.4) is 0 Å². The molecule has 152 valence electrons. The number of aromatic nitrogens is 4. The number of carbonyl (C=O) groups is 1. The molecule has 3 aromatic rings. The number of tetrazole rings is 1. The van der Waals surface area contributed by atoms with Gasteiger partial charge in [-0.3, -0.25) is 9.52 Å². The monoisotopic (exact) mass is 414 g/mol. The second kappa shape index (κ2) is 7.63. The highest BCUT2D eigenvalue weighted by molar-refractivity contribution is 7.94. The van der Waals surface area contributed by atoms with Crippen molar-refractivity contribution in [3.05, 3.63) is 54.1 Å². The van der Waals surface area contributed by atoms with Crippen molar-refractivity contribution in [3.8, 4) is 11.4 Å². The second-order valence-corrected chi connectivity index (χ2v) is 9.89. The van der Waals surface area contributed by atoms with Crippen LogP contribution in [0.2, 0.25) is 0 Å². The Bertz CT molecular complexity index is 1110. The molecule has 1 amide bonds. The van der Waals surface area contributed by atoms with Crippen LogP contribution in [-0.4, -0.2) is 39.3 Å². The number of hydrogen-bond acceptors (Lipinski definition) is 6. The lowest BCUT2D eigenvalue weighted by atomic mass is 10.1. The van der Waals surface area contributed by atoms with Crippen molar-refractivity contribution in [2.75, 3.05) is 10.0 Å². The summed E-state index contributed by atoms with van der Waals surface area (Å²) in [5.74, 6) is 0.319. The highest BCUT2D eigenvalue weighted by atomic mass is 32.2. The van der Waals surface area contributed by atoms with Gasteiger partial charge in [0.1, 0.15) is 0 Å². The van der Waals surface area contributed by atoms with Gasteiger partial charge in [0, 0.05) is 29.5 Å². The number of anilines is 2. The zero-order valence-electron chi connectivity index (χ0n) is 16.5. The van der Waals surface area contributed by atoms with Crippen LogP contribution in [-0.2, 0) is 17.1 Å². The van der Waals surface area contributed by atoms with E-state index in [1.54, 1.807) is 68.9 Å². The first-order valence-corrected chi connectivity index (χ1v) is 10.3. The number of hydrogen-bond donors (Lipinski definition) is 2. The van der Waals surface area contributed by atoms with E-state index in [4.69, 9.17) is 0 Å². The SMILES string of the molecule is Cn1nnnc1-c1ccc(NC(=O)c2ccc(NS(=O)(=O)C(C)(C)C)cc2)cc1. The molecule has 0 aliphatic carbocycles. The Morgan fingerprint density at radius 2 is 1.55 bits per heavy atom. The van der Waals surface area contributed by atoms with Gasteiger partial charge in [-0.2, -0.15) is 0 Å². The third kappa shape index (κ3) is 4.60. The highest BCUT2D eigenvalue weighted by Gasteiger charge is 2.28. The van der Waals surface area contributed by atoms with E-state index in [-0.39, 0.29) is 5.91 Å². The molecule has 0 atom stereocenters. The van der Waals surface area contributed by atoms with Crippen molar-refractivity contribution in [1.29, 1.82) is 0 Å². The van der Waals surface area contributed by atoms with Crippen LogP contribution >= 0.6 is 0 Å². The average molecular weight is 414 g/mol. The summed E-state index contributed by atoms with van der Waals surface area (Å²) in [6.07, 6.45) is 0. The summed E-state index contributed by atoms with van der Waals surface area (Å²) in [7, 11) is -1.78. The molecular formula is C19H22N6O3S. The van der Waals surface area contributed by atoms with Crippen molar-refractivity contribution in [2.45, 2.75) is 25.5 Å². The Morgan fingerprint density at radius 1 is 0.966 bits per heavy atom. The van der Waals surface area contributed by atoms with E-state index < -0.39 is 14.8 Å². The number of nitrogens with zero attached hydrogens (tertiary/aromatic N) is 4. The lowest BCUT2D eigenvalue weighted by Crippen LogP contribution is -2.33. The van der Waals surface area contributed by atoms with E-state index in [2.05, 4.69) is 25.6 Å². The molecule has 0 radical (unpaired) electrons. The number of nitrogens with one attached hydrogen (secondary N) is 2. The van der Waals surface area contributed by atoms with Crippen LogP contribution < -0.4 is 10.0 Å². The van der Waals surface area contributed by atoms with Crippen molar-refractivity contribution in [3.63, 3.8) is 0 Å². The summed E-state index contributed by atoms with van der Waals surface area (Å²) in [6, 6.07) is 13.4. The molecule has 0 spiro atoms. The first-order chi connectivity index (χ1) is 13.6. The summed E-state index contributed by atoms with van der Waals surface area (Å²) in [6.45, 7) is 4.84. The Morgan fingerprint density at radius 3 is 2.07 bits per heavy atom. The summed E-state index contributed by atoms with van der Waals surface area (Å²) >= 11 is 0. The number of rotatable bonds is 5. The summed E-state index contributed by atoms with van der Waals surface area (Å²) in [5, 5.41) is 14.1. The van der Waals surface area contributed by atoms with Crippen molar-refractivity contribution >= 4 is 27.3 Å². The number of aryl methyl sites for hydroxylation is 1. The van der Waals surface area contributed by atoms with Gasteiger partial charge in [0.25, 0.3) is 5.91 Å². The van der Waals surface area contributed by atoms with E-state index in [1.807, 2.05) is 12.1 Å². The van der Waals surface area contributed by atoms with Crippen LogP contribution in [0, 0.1) is 0 Å². The number of sulfonamides is 1. The molecule has 0 fully saturated rings. The van der Waals surface area contributed by atoms with Crippen molar-refractivity contribution in [2.24, 2.45) is 7.05 Å². The quantitative estimate of drug-likeness (QED) is 0.662. The van der Waals surface area contributed by atoms with E-state index >= 15 is 0 Å². The van der Waals surface area contributed by atoms with E-state index in [0.717, 1.165) is 5.56 Å². The lowest BCUT2D eigenvalue weighted by Gasteiger charge is -2.20. The Labute approximate surface area is 169 Å². The molecule has 0 aliphatic heterocycles. The number of amides is 1. The van der Waals surface area contributed by atoms with Crippen molar-refractivity contribution in [1.82, 2.24) is 20.2 Å². The molecule has 3 rings (SSSR count). The molecule has 0 saturated heterocycles. The Balaban J connectivity index is 1.67. The third-order valence-electron chi connectivity index (χ3n) is 4.23. The highest BCUT2D eigenvalue weighted by Crippen LogP contribution is 2.21. The Kier molecular flexibility index (Phi) is 5.38. The van der Waals surface area contributed by atoms with Gasteiger partial charge in [-0.05, 0) is 79.7 Å². The van der Waals surface area contributed by atoms with Gasteiger partial charge in [0.05, 0.1) is 4.75 Å². The molecule has 1 heterocycles. The third-order valence-corrected chi connectivity index (χ3v) is 6.34. The largest absolute Gasteiger partial charge is 0.322 e. The summed E-state index contributed by atoms with van der Waals surface area (Å²) in [5.41, 5.74) is 2.25. The predicted molar refractivity (Wildman–Crippen MR) is 111 cm³/mol. The maximum Gasteiger partial charge on any atom is 0.255 e. The molecule has 0 unspecified atom stereocenters. The van der Waals surface area contributed by atoms with Crippen LogP contribution in [0.25, 0.3) is 11.4 Å². The van der Waals surface area contributed by atoms with Crippen LogP contribution in [0.4, 0.5) is 11.4 Å². The van der Waals surface area contributed by atoms with E-state index in [1.165, 1.54) is 0 Å². The fourth-order valence-electron chi connectivity index (χ4n) is 2.38. The van der Waals surface area contributed by atoms with Gasteiger partial charge in [-0.25, -0.2) is 13.1 Å². The fraction of sp³-hybridized carbons (Fsp3) is 0.263. The molecule has 0 aliphatic rings. The van der Waals surface area contributed by atoms with Gasteiger partial charge in [-0.15, -0.1) is 5.10 Å². The summed E-state index contributed by atoms with van der Waals surface area (Å²) < 4.78 is 27.6. The van der Waals surface area contributed by atoms with Crippen LogP contribution in [0.5, 0.6) is 0 Å². The maximum atomic E-state index is 12.5. The topological polar surface area (TPSA) is 119 Å².